The molecule has 8 heteroatoms. The lowest BCUT2D eigenvalue weighted by Crippen LogP contribution is -2.29. The Hall–Kier alpha value is -1.67. The minimum absolute atomic E-state index is 0.199. The molecule has 1 amide bonds. The molecule has 0 spiro atoms. The molecule has 1 unspecified atom stereocenters. The average molecular weight is 279 g/mol. The first-order valence-electron chi connectivity index (χ1n) is 4.83. The largest absolute Gasteiger partial charge is 0.478 e. The number of amides is 1. The molecule has 0 radical (unpaired) electrons. The standard InChI is InChI=1S/C7H13NO4S.C3H4O2/c1-3-7(9)8-4-6(2)5-13(10,11)12;1-2-3(4)5/h3,6H,1,4-5H2,2H3,(H,8,9)(H,10,11,12);2H,1H2,(H,4,5). The van der Waals surface area contributed by atoms with Crippen molar-refractivity contribution < 1.29 is 27.7 Å². The van der Waals surface area contributed by atoms with Crippen LogP contribution in [0.2, 0.25) is 0 Å². The van der Waals surface area contributed by atoms with E-state index in [-0.39, 0.29) is 24.1 Å². The highest BCUT2D eigenvalue weighted by molar-refractivity contribution is 7.85. The number of carboxylic acid groups (broad SMARTS) is 1. The monoisotopic (exact) mass is 279 g/mol. The number of hydrogen-bond acceptors (Lipinski definition) is 4. The van der Waals surface area contributed by atoms with Gasteiger partial charge in [-0.05, 0) is 12.0 Å². The molecule has 3 N–H and O–H groups in total. The lowest BCUT2D eigenvalue weighted by Gasteiger charge is -2.08. The van der Waals surface area contributed by atoms with Crippen molar-refractivity contribution in [3.8, 4) is 0 Å². The zero-order chi connectivity index (χ0) is 14.8. The van der Waals surface area contributed by atoms with E-state index in [1.165, 1.54) is 0 Å². The third-order valence-electron chi connectivity index (χ3n) is 1.48. The van der Waals surface area contributed by atoms with Crippen molar-refractivity contribution in [2.45, 2.75) is 6.92 Å². The van der Waals surface area contributed by atoms with Gasteiger partial charge in [0, 0.05) is 12.6 Å². The van der Waals surface area contributed by atoms with Crippen molar-refractivity contribution in [1.82, 2.24) is 5.32 Å². The van der Waals surface area contributed by atoms with Crippen LogP contribution in [-0.2, 0) is 19.7 Å². The van der Waals surface area contributed by atoms with Gasteiger partial charge in [-0.1, -0.05) is 20.1 Å². The van der Waals surface area contributed by atoms with Gasteiger partial charge in [0.15, 0.2) is 0 Å². The second kappa shape index (κ2) is 9.37. The number of hydrogen-bond donors (Lipinski definition) is 3. The van der Waals surface area contributed by atoms with Gasteiger partial charge in [0.2, 0.25) is 5.91 Å². The Kier molecular flexibility index (Phi) is 9.73. The zero-order valence-electron chi connectivity index (χ0n) is 10.00. The van der Waals surface area contributed by atoms with Gasteiger partial charge in [0.1, 0.15) is 0 Å². The first-order chi connectivity index (χ1) is 8.12. The maximum atomic E-state index is 10.6. The summed E-state index contributed by atoms with van der Waals surface area (Å²) in [6, 6.07) is 0. The van der Waals surface area contributed by atoms with Gasteiger partial charge in [-0.3, -0.25) is 9.35 Å². The fourth-order valence-electron chi connectivity index (χ4n) is 0.765. The van der Waals surface area contributed by atoms with Crippen molar-refractivity contribution in [2.24, 2.45) is 5.92 Å². The Balaban J connectivity index is 0. The normalized spacial score (nSPS) is 11.4. The number of rotatable bonds is 6. The van der Waals surface area contributed by atoms with Crippen molar-refractivity contribution in [3.63, 3.8) is 0 Å². The SMILES string of the molecule is C=CC(=O)NCC(C)CS(=O)(=O)O.C=CC(=O)O. The molecule has 0 aromatic rings. The predicted molar refractivity (Wildman–Crippen MR) is 66.6 cm³/mol. The molecule has 104 valence electrons. The van der Waals surface area contributed by atoms with Crippen LogP contribution >= 0.6 is 0 Å². The number of carbonyl (C=O) groups excluding carboxylic acids is 1. The highest BCUT2D eigenvalue weighted by Crippen LogP contribution is 1.97. The lowest BCUT2D eigenvalue weighted by atomic mass is 10.2. The maximum absolute atomic E-state index is 10.6. The molecular weight excluding hydrogens is 262 g/mol. The molecule has 0 aliphatic carbocycles. The van der Waals surface area contributed by atoms with Gasteiger partial charge in [0.25, 0.3) is 10.1 Å². The van der Waals surface area contributed by atoms with Gasteiger partial charge in [-0.2, -0.15) is 8.42 Å². The lowest BCUT2D eigenvalue weighted by molar-refractivity contribution is -0.131. The van der Waals surface area contributed by atoms with E-state index in [1.807, 2.05) is 0 Å². The topological polar surface area (TPSA) is 121 Å². The Morgan fingerprint density at radius 3 is 2.06 bits per heavy atom. The number of nitrogens with one attached hydrogen (secondary N) is 1. The highest BCUT2D eigenvalue weighted by atomic mass is 32.2. The van der Waals surface area contributed by atoms with Gasteiger partial charge in [-0.25, -0.2) is 4.79 Å². The minimum atomic E-state index is -3.96. The van der Waals surface area contributed by atoms with E-state index >= 15 is 0 Å². The van der Waals surface area contributed by atoms with Crippen LogP contribution in [0.3, 0.4) is 0 Å². The van der Waals surface area contributed by atoms with Crippen LogP contribution in [0.4, 0.5) is 0 Å². The van der Waals surface area contributed by atoms with Crippen LogP contribution in [0.15, 0.2) is 25.3 Å². The number of carbonyl (C=O) groups is 2. The van der Waals surface area contributed by atoms with Crippen molar-refractivity contribution >= 4 is 22.0 Å². The van der Waals surface area contributed by atoms with Crippen molar-refractivity contribution in [1.29, 1.82) is 0 Å². The van der Waals surface area contributed by atoms with E-state index in [0.29, 0.717) is 0 Å². The first-order valence-corrected chi connectivity index (χ1v) is 6.44. The molecule has 0 saturated carbocycles. The van der Waals surface area contributed by atoms with Crippen LogP contribution in [-0.4, -0.2) is 42.3 Å². The Morgan fingerprint density at radius 2 is 1.78 bits per heavy atom. The predicted octanol–water partition coefficient (Wildman–Crippen LogP) is 0.0695. The minimum Gasteiger partial charge on any atom is -0.478 e. The van der Waals surface area contributed by atoms with E-state index in [9.17, 15) is 18.0 Å². The number of carboxylic acids is 1. The summed E-state index contributed by atoms with van der Waals surface area (Å²) in [5.74, 6) is -2.02. The smallest absolute Gasteiger partial charge is 0.327 e. The molecule has 0 saturated heterocycles. The van der Waals surface area contributed by atoms with E-state index in [0.717, 1.165) is 12.2 Å². The fourth-order valence-corrected chi connectivity index (χ4v) is 1.60. The summed E-state index contributed by atoms with van der Waals surface area (Å²) in [7, 11) is -3.96. The molecule has 0 fully saturated rings. The molecule has 0 bridgehead atoms. The summed E-state index contributed by atoms with van der Waals surface area (Å²) < 4.78 is 29.2. The molecule has 1 atom stereocenters. The summed E-state index contributed by atoms with van der Waals surface area (Å²) in [5, 5.41) is 10.0. The van der Waals surface area contributed by atoms with Crippen LogP contribution in [0, 0.1) is 5.92 Å². The molecule has 0 aromatic carbocycles. The number of aliphatic carboxylic acids is 1. The summed E-state index contributed by atoms with van der Waals surface area (Å²) in [6.45, 7) is 8.00. The highest BCUT2D eigenvalue weighted by Gasteiger charge is 2.12. The fraction of sp³-hybridized carbons (Fsp3) is 0.400. The van der Waals surface area contributed by atoms with E-state index < -0.39 is 16.1 Å². The quantitative estimate of drug-likeness (QED) is 0.467. The molecular formula is C10H17NO6S. The zero-order valence-corrected chi connectivity index (χ0v) is 10.8. The van der Waals surface area contributed by atoms with Crippen LogP contribution in [0.5, 0.6) is 0 Å². The third kappa shape index (κ3) is 16.7. The van der Waals surface area contributed by atoms with Crippen LogP contribution in [0.1, 0.15) is 6.92 Å². The molecule has 7 nitrogen and oxygen atoms in total. The van der Waals surface area contributed by atoms with Gasteiger partial charge < -0.3 is 10.4 Å². The van der Waals surface area contributed by atoms with E-state index in [2.05, 4.69) is 18.5 Å². The molecule has 0 aliphatic heterocycles. The third-order valence-corrected chi connectivity index (χ3v) is 2.47. The molecule has 0 aromatic heterocycles. The van der Waals surface area contributed by atoms with Gasteiger partial charge in [0.05, 0.1) is 5.75 Å². The summed E-state index contributed by atoms with van der Waals surface area (Å²) >= 11 is 0. The molecule has 0 rings (SSSR count). The second-order valence-corrected chi connectivity index (χ2v) is 4.84. The average Bonchev–Trinajstić information content (AvgIpc) is 2.24. The maximum Gasteiger partial charge on any atom is 0.327 e. The second-order valence-electron chi connectivity index (χ2n) is 3.35. The summed E-state index contributed by atoms with van der Waals surface area (Å²) in [6.07, 6.45) is 1.93. The first kappa shape index (κ1) is 18.7. The van der Waals surface area contributed by atoms with Crippen LogP contribution in [0.25, 0.3) is 0 Å². The van der Waals surface area contributed by atoms with E-state index in [4.69, 9.17) is 9.66 Å². The van der Waals surface area contributed by atoms with Gasteiger partial charge in [-0.15, -0.1) is 0 Å². The summed E-state index contributed by atoms with van der Waals surface area (Å²) in [5.41, 5.74) is 0. The van der Waals surface area contributed by atoms with Crippen LogP contribution < -0.4 is 5.32 Å². The van der Waals surface area contributed by atoms with Crippen molar-refractivity contribution in [2.75, 3.05) is 12.3 Å². The van der Waals surface area contributed by atoms with Crippen molar-refractivity contribution in [3.05, 3.63) is 25.3 Å². The molecule has 0 heterocycles. The Bertz CT molecular complexity index is 401. The Labute approximate surface area is 106 Å². The Morgan fingerprint density at radius 1 is 1.33 bits per heavy atom. The summed E-state index contributed by atoms with van der Waals surface area (Å²) in [4.78, 5) is 19.9. The molecule has 18 heavy (non-hydrogen) atoms. The molecule has 0 aliphatic rings. The van der Waals surface area contributed by atoms with Gasteiger partial charge >= 0.3 is 5.97 Å². The van der Waals surface area contributed by atoms with E-state index in [1.54, 1.807) is 6.92 Å².